The van der Waals surface area contributed by atoms with Crippen molar-refractivity contribution in [2.24, 2.45) is 4.99 Å². The summed E-state index contributed by atoms with van der Waals surface area (Å²) in [6.07, 6.45) is 1.81. The van der Waals surface area contributed by atoms with Crippen molar-refractivity contribution in [1.82, 2.24) is 5.32 Å². The second-order valence-electron chi connectivity index (χ2n) is 5.03. The maximum atomic E-state index is 12.1. The molecule has 23 heavy (non-hydrogen) atoms. The lowest BCUT2D eigenvalue weighted by Crippen LogP contribution is -2.19. The summed E-state index contributed by atoms with van der Waals surface area (Å²) in [5.74, 6) is -0.108. The molecule has 0 spiro atoms. The predicted molar refractivity (Wildman–Crippen MR) is 97.8 cm³/mol. The monoisotopic (exact) mass is 388 g/mol. The third kappa shape index (κ3) is 3.83. The van der Waals surface area contributed by atoms with Crippen molar-refractivity contribution in [3.8, 4) is 5.75 Å². The van der Waals surface area contributed by atoms with Gasteiger partial charge < -0.3 is 10.4 Å². The number of thioether (sulfide) groups is 1. The topological polar surface area (TPSA) is 61.7 Å². The number of carbonyl (C=O) groups excluding carboxylic acids is 1. The van der Waals surface area contributed by atoms with E-state index in [0.29, 0.717) is 15.8 Å². The van der Waals surface area contributed by atoms with Gasteiger partial charge in [0.25, 0.3) is 5.91 Å². The molecular formula is C17H13BrN2O2S. The summed E-state index contributed by atoms with van der Waals surface area (Å²) in [7, 11) is 0. The number of carbonyl (C=O) groups is 1. The first-order chi connectivity index (χ1) is 11.0. The van der Waals surface area contributed by atoms with E-state index in [1.165, 1.54) is 11.8 Å². The first kappa shape index (κ1) is 15.8. The number of hydrogen-bond donors (Lipinski definition) is 2. The first-order valence-corrected chi connectivity index (χ1v) is 8.47. The van der Waals surface area contributed by atoms with E-state index in [9.17, 15) is 9.90 Å². The fourth-order valence-electron chi connectivity index (χ4n) is 2.06. The third-order valence-corrected chi connectivity index (χ3v) is 4.55. The van der Waals surface area contributed by atoms with Gasteiger partial charge in [0, 0.05) is 4.47 Å². The number of hydrogen-bond acceptors (Lipinski definition) is 4. The van der Waals surface area contributed by atoms with E-state index in [1.54, 1.807) is 18.2 Å². The Labute approximate surface area is 146 Å². The van der Waals surface area contributed by atoms with Crippen LogP contribution >= 0.6 is 27.7 Å². The highest BCUT2D eigenvalue weighted by Crippen LogP contribution is 2.32. The van der Waals surface area contributed by atoms with Crippen LogP contribution in [-0.4, -0.2) is 16.2 Å². The fourth-order valence-corrected chi connectivity index (χ4v) is 3.31. The largest absolute Gasteiger partial charge is 0.506 e. The number of amidine groups is 1. The molecule has 1 saturated heterocycles. The molecule has 0 saturated carbocycles. The molecule has 1 aliphatic rings. The van der Waals surface area contributed by atoms with E-state index in [-0.39, 0.29) is 11.7 Å². The van der Waals surface area contributed by atoms with Crippen molar-refractivity contribution in [2.45, 2.75) is 6.92 Å². The number of nitrogens with zero attached hydrogens (tertiary/aromatic N) is 1. The lowest BCUT2D eigenvalue weighted by molar-refractivity contribution is -0.115. The Balaban J connectivity index is 1.87. The van der Waals surface area contributed by atoms with E-state index in [1.807, 2.05) is 37.3 Å². The van der Waals surface area contributed by atoms with Crippen LogP contribution in [0.25, 0.3) is 6.08 Å². The number of amides is 1. The fraction of sp³-hybridized carbons (Fsp3) is 0.0588. The lowest BCUT2D eigenvalue weighted by Gasteiger charge is -2.01. The molecule has 0 aromatic heterocycles. The summed E-state index contributed by atoms with van der Waals surface area (Å²) >= 11 is 4.66. The number of nitrogens with one attached hydrogen (secondary N) is 1. The minimum atomic E-state index is -0.194. The van der Waals surface area contributed by atoms with Gasteiger partial charge in [-0.2, -0.15) is 0 Å². The highest BCUT2D eigenvalue weighted by atomic mass is 79.9. The molecule has 1 heterocycles. The maximum Gasteiger partial charge on any atom is 0.264 e. The summed E-state index contributed by atoms with van der Waals surface area (Å²) < 4.78 is 0.953. The Kier molecular flexibility index (Phi) is 4.54. The van der Waals surface area contributed by atoms with Crippen molar-refractivity contribution >= 4 is 50.5 Å². The summed E-state index contributed by atoms with van der Waals surface area (Å²) in [5, 5.41) is 13.0. The summed E-state index contributed by atoms with van der Waals surface area (Å²) in [6.45, 7) is 1.92. The van der Waals surface area contributed by atoms with Gasteiger partial charge in [-0.25, -0.2) is 4.99 Å². The van der Waals surface area contributed by atoms with Crippen LogP contribution in [0.1, 0.15) is 11.1 Å². The Morgan fingerprint density at radius 1 is 1.26 bits per heavy atom. The number of phenolic OH excluding ortho intramolecular Hbond substituents is 1. The molecule has 1 amide bonds. The number of phenols is 1. The summed E-state index contributed by atoms with van der Waals surface area (Å²) in [5.41, 5.74) is 2.36. The Hall–Kier alpha value is -2.05. The number of benzene rings is 2. The smallest absolute Gasteiger partial charge is 0.264 e. The van der Waals surface area contributed by atoms with Crippen molar-refractivity contribution in [3.63, 3.8) is 0 Å². The van der Waals surface area contributed by atoms with Crippen LogP contribution < -0.4 is 5.32 Å². The number of rotatable bonds is 2. The first-order valence-electron chi connectivity index (χ1n) is 6.86. The van der Waals surface area contributed by atoms with Gasteiger partial charge in [-0.3, -0.25) is 4.79 Å². The molecule has 0 unspecified atom stereocenters. The van der Waals surface area contributed by atoms with Gasteiger partial charge in [0.05, 0.1) is 4.91 Å². The molecule has 116 valence electrons. The Morgan fingerprint density at radius 3 is 2.87 bits per heavy atom. The van der Waals surface area contributed by atoms with Gasteiger partial charge in [-0.05, 0) is 60.2 Å². The minimum absolute atomic E-state index is 0.0855. The van der Waals surface area contributed by atoms with E-state index in [2.05, 4.69) is 26.2 Å². The van der Waals surface area contributed by atoms with E-state index >= 15 is 0 Å². The zero-order valence-corrected chi connectivity index (χ0v) is 14.6. The maximum absolute atomic E-state index is 12.1. The molecule has 0 atom stereocenters. The van der Waals surface area contributed by atoms with Crippen molar-refractivity contribution < 1.29 is 9.90 Å². The SMILES string of the molecule is Cc1ccc(O)c(N=C2NC(=O)/C(=C/c3cccc(Br)c3)S2)c1. The second kappa shape index (κ2) is 6.60. The van der Waals surface area contributed by atoms with Crippen molar-refractivity contribution in [2.75, 3.05) is 0 Å². The van der Waals surface area contributed by atoms with Gasteiger partial charge in [-0.1, -0.05) is 34.1 Å². The van der Waals surface area contributed by atoms with Gasteiger partial charge in [-0.15, -0.1) is 0 Å². The van der Waals surface area contributed by atoms with Crippen molar-refractivity contribution in [1.29, 1.82) is 0 Å². The lowest BCUT2D eigenvalue weighted by atomic mass is 10.2. The number of aliphatic imine (C=N–C) groups is 1. The molecule has 2 aromatic carbocycles. The van der Waals surface area contributed by atoms with E-state index in [4.69, 9.17) is 0 Å². The van der Waals surface area contributed by atoms with E-state index in [0.717, 1.165) is 15.6 Å². The van der Waals surface area contributed by atoms with Crippen LogP contribution in [0.4, 0.5) is 5.69 Å². The number of halogens is 1. The van der Waals surface area contributed by atoms with Crippen LogP contribution in [-0.2, 0) is 4.79 Å². The van der Waals surface area contributed by atoms with Gasteiger partial charge >= 0.3 is 0 Å². The Morgan fingerprint density at radius 2 is 2.09 bits per heavy atom. The quantitative estimate of drug-likeness (QED) is 0.751. The molecule has 1 fully saturated rings. The van der Waals surface area contributed by atoms with Crippen LogP contribution in [0.3, 0.4) is 0 Å². The molecule has 0 aliphatic carbocycles. The van der Waals surface area contributed by atoms with Crippen LogP contribution in [0.15, 0.2) is 56.8 Å². The molecular weight excluding hydrogens is 376 g/mol. The van der Waals surface area contributed by atoms with E-state index < -0.39 is 0 Å². The number of aryl methyl sites for hydroxylation is 1. The standard InChI is InChI=1S/C17H13BrN2O2S/c1-10-5-6-14(21)13(7-10)19-17-20-16(22)15(23-17)9-11-3-2-4-12(18)8-11/h2-9,21H,1H3,(H,19,20,22)/b15-9-. The Bertz CT molecular complexity index is 846. The predicted octanol–water partition coefficient (Wildman–Crippen LogP) is 4.35. The van der Waals surface area contributed by atoms with Gasteiger partial charge in [0.2, 0.25) is 0 Å². The molecule has 3 rings (SSSR count). The van der Waals surface area contributed by atoms with Gasteiger partial charge in [0.15, 0.2) is 5.17 Å². The van der Waals surface area contributed by atoms with Gasteiger partial charge in [0.1, 0.15) is 11.4 Å². The summed E-state index contributed by atoms with van der Waals surface area (Å²) in [6, 6.07) is 12.9. The highest BCUT2D eigenvalue weighted by molar-refractivity contribution is 9.10. The number of aromatic hydroxyl groups is 1. The molecule has 4 nitrogen and oxygen atoms in total. The van der Waals surface area contributed by atoms with Crippen LogP contribution in [0.2, 0.25) is 0 Å². The second-order valence-corrected chi connectivity index (χ2v) is 6.98. The normalized spacial score (nSPS) is 17.7. The van der Waals surface area contributed by atoms with Crippen molar-refractivity contribution in [3.05, 3.63) is 63.0 Å². The molecule has 0 radical (unpaired) electrons. The van der Waals surface area contributed by atoms with Crippen LogP contribution in [0.5, 0.6) is 5.75 Å². The molecule has 6 heteroatoms. The minimum Gasteiger partial charge on any atom is -0.506 e. The molecule has 2 N–H and O–H groups in total. The average Bonchev–Trinajstić information content (AvgIpc) is 2.83. The zero-order valence-electron chi connectivity index (χ0n) is 12.2. The molecule has 2 aromatic rings. The zero-order chi connectivity index (χ0) is 16.4. The molecule has 1 aliphatic heterocycles. The molecule has 0 bridgehead atoms. The van der Waals surface area contributed by atoms with Crippen LogP contribution in [0, 0.1) is 6.92 Å². The average molecular weight is 389 g/mol. The third-order valence-electron chi connectivity index (χ3n) is 3.15. The highest BCUT2D eigenvalue weighted by Gasteiger charge is 2.24. The summed E-state index contributed by atoms with van der Waals surface area (Å²) in [4.78, 5) is 17.0.